The number of nitrogens with zero attached hydrogens (tertiary/aromatic N) is 2. The Bertz CT molecular complexity index is 965. The molecule has 1 aliphatic heterocycles. The van der Waals surface area contributed by atoms with Gasteiger partial charge in [-0.25, -0.2) is 4.98 Å². The number of fused-ring (bicyclic) bond motifs is 1. The summed E-state index contributed by atoms with van der Waals surface area (Å²) < 4.78 is 7.40. The summed E-state index contributed by atoms with van der Waals surface area (Å²) in [6.45, 7) is 1.68. The van der Waals surface area contributed by atoms with E-state index in [2.05, 4.69) is 15.6 Å². The van der Waals surface area contributed by atoms with Gasteiger partial charge in [0.15, 0.2) is 11.2 Å². The number of benzene rings is 1. The molecule has 8 heteroatoms. The predicted molar refractivity (Wildman–Crippen MR) is 98.9 cm³/mol. The van der Waals surface area contributed by atoms with Crippen molar-refractivity contribution in [1.82, 2.24) is 9.55 Å². The van der Waals surface area contributed by atoms with Crippen LogP contribution in [0.15, 0.2) is 48.1 Å². The van der Waals surface area contributed by atoms with Crippen molar-refractivity contribution in [1.29, 1.82) is 0 Å². The van der Waals surface area contributed by atoms with Crippen LogP contribution in [-0.2, 0) is 16.0 Å². The summed E-state index contributed by atoms with van der Waals surface area (Å²) in [4.78, 5) is 28.5. The summed E-state index contributed by atoms with van der Waals surface area (Å²) in [5, 5.41) is 8.28. The molecule has 1 atom stereocenters. The molecule has 0 radical (unpaired) electrons. The molecule has 0 saturated carbocycles. The van der Waals surface area contributed by atoms with Gasteiger partial charge in [0.2, 0.25) is 5.91 Å². The highest BCUT2D eigenvalue weighted by Gasteiger charge is 2.23. The van der Waals surface area contributed by atoms with Crippen LogP contribution < -0.4 is 15.4 Å². The molecule has 1 aromatic carbocycles. The number of rotatable bonds is 4. The van der Waals surface area contributed by atoms with Crippen molar-refractivity contribution in [2.45, 2.75) is 19.4 Å². The fourth-order valence-electron chi connectivity index (χ4n) is 2.61. The highest BCUT2D eigenvalue weighted by atomic mass is 32.1. The lowest BCUT2D eigenvalue weighted by atomic mass is 10.2. The summed E-state index contributed by atoms with van der Waals surface area (Å²) >= 11 is 1.48. The van der Waals surface area contributed by atoms with Crippen LogP contribution in [0.3, 0.4) is 0 Å². The molecule has 0 bridgehead atoms. The second kappa shape index (κ2) is 6.64. The van der Waals surface area contributed by atoms with Gasteiger partial charge in [-0.05, 0) is 37.3 Å². The number of thiazole rings is 1. The minimum Gasteiger partial charge on any atom is -0.479 e. The van der Waals surface area contributed by atoms with Crippen molar-refractivity contribution in [3.8, 4) is 10.9 Å². The van der Waals surface area contributed by atoms with Crippen molar-refractivity contribution in [3.63, 3.8) is 0 Å². The molecule has 2 aromatic heterocycles. The maximum atomic E-state index is 12.3. The minimum atomic E-state index is -0.526. The smallest absolute Gasteiger partial charge is 0.265 e. The Morgan fingerprint density at radius 3 is 3.00 bits per heavy atom. The Morgan fingerprint density at radius 1 is 1.38 bits per heavy atom. The molecule has 1 unspecified atom stereocenters. The van der Waals surface area contributed by atoms with E-state index < -0.39 is 6.10 Å². The molecule has 1 aliphatic rings. The zero-order valence-corrected chi connectivity index (χ0v) is 14.7. The Kier molecular flexibility index (Phi) is 4.18. The van der Waals surface area contributed by atoms with Crippen molar-refractivity contribution in [2.75, 3.05) is 10.6 Å². The lowest BCUT2D eigenvalue weighted by Gasteiger charge is -2.23. The van der Waals surface area contributed by atoms with Crippen LogP contribution in [0.2, 0.25) is 0 Å². The highest BCUT2D eigenvalue weighted by molar-refractivity contribution is 7.12. The van der Waals surface area contributed by atoms with Crippen molar-refractivity contribution >= 4 is 34.5 Å². The lowest BCUT2D eigenvalue weighted by Crippen LogP contribution is -2.34. The van der Waals surface area contributed by atoms with Crippen LogP contribution in [-0.4, -0.2) is 27.5 Å². The van der Waals surface area contributed by atoms with Gasteiger partial charge in [0.25, 0.3) is 5.91 Å². The van der Waals surface area contributed by atoms with Gasteiger partial charge in [0, 0.05) is 23.5 Å². The lowest BCUT2D eigenvalue weighted by molar-refractivity contribution is -0.122. The van der Waals surface area contributed by atoms with Gasteiger partial charge in [0.1, 0.15) is 5.75 Å². The Balaban J connectivity index is 1.42. The van der Waals surface area contributed by atoms with Gasteiger partial charge in [-0.3, -0.25) is 9.59 Å². The molecular formula is C18H16N4O3S. The van der Waals surface area contributed by atoms with Gasteiger partial charge in [-0.1, -0.05) is 0 Å². The molecule has 26 heavy (non-hydrogen) atoms. The van der Waals surface area contributed by atoms with Gasteiger partial charge < -0.3 is 19.9 Å². The maximum absolute atomic E-state index is 12.3. The third-order valence-corrected chi connectivity index (χ3v) is 4.80. The number of carbonyl (C=O) groups excluding carboxylic acids is 2. The van der Waals surface area contributed by atoms with Crippen LogP contribution in [0.5, 0.6) is 5.75 Å². The average molecular weight is 368 g/mol. The number of amides is 2. The Hall–Kier alpha value is -3.13. The summed E-state index contributed by atoms with van der Waals surface area (Å²) in [6, 6.07) is 9.00. The molecule has 2 N–H and O–H groups in total. The molecule has 4 rings (SSSR count). The van der Waals surface area contributed by atoms with Gasteiger partial charge in [-0.15, -0.1) is 11.3 Å². The molecule has 132 valence electrons. The second-order valence-corrected chi connectivity index (χ2v) is 6.73. The van der Waals surface area contributed by atoms with E-state index in [-0.39, 0.29) is 18.2 Å². The first-order valence-electron chi connectivity index (χ1n) is 8.07. The van der Waals surface area contributed by atoms with E-state index in [1.165, 1.54) is 11.3 Å². The first-order valence-corrected chi connectivity index (χ1v) is 8.95. The first-order chi connectivity index (χ1) is 12.6. The minimum absolute atomic E-state index is 0.175. The summed E-state index contributed by atoms with van der Waals surface area (Å²) in [5.41, 5.74) is 1.85. The molecule has 0 aliphatic carbocycles. The molecule has 2 amide bonds. The molecule has 7 nitrogen and oxygen atoms in total. The quantitative estimate of drug-likeness (QED) is 0.742. The maximum Gasteiger partial charge on any atom is 0.265 e. The zero-order chi connectivity index (χ0) is 18.1. The number of aromatic nitrogens is 2. The number of carbonyl (C=O) groups is 2. The average Bonchev–Trinajstić information content (AvgIpc) is 3.27. The fourth-order valence-corrected chi connectivity index (χ4v) is 3.41. The highest BCUT2D eigenvalue weighted by Crippen LogP contribution is 2.32. The topological polar surface area (TPSA) is 85.2 Å². The largest absolute Gasteiger partial charge is 0.479 e. The van der Waals surface area contributed by atoms with E-state index in [4.69, 9.17) is 4.74 Å². The van der Waals surface area contributed by atoms with E-state index in [0.717, 1.165) is 5.13 Å². The molecule has 0 fully saturated rings. The second-order valence-electron chi connectivity index (χ2n) is 5.90. The number of hydrogen-bond donors (Lipinski definition) is 2. The molecule has 0 spiro atoms. The Morgan fingerprint density at radius 2 is 2.19 bits per heavy atom. The van der Waals surface area contributed by atoms with Crippen LogP contribution >= 0.6 is 11.3 Å². The third-order valence-electron chi connectivity index (χ3n) is 3.90. The normalized spacial score (nSPS) is 15.7. The van der Waals surface area contributed by atoms with Crippen LogP contribution in [0.25, 0.3) is 5.13 Å². The van der Waals surface area contributed by atoms with Crippen LogP contribution in [0.4, 0.5) is 11.4 Å². The Labute approximate surface area is 153 Å². The molecule has 3 heterocycles. The van der Waals surface area contributed by atoms with Gasteiger partial charge >= 0.3 is 0 Å². The monoisotopic (exact) mass is 368 g/mol. The van der Waals surface area contributed by atoms with Crippen molar-refractivity contribution < 1.29 is 14.3 Å². The number of nitrogens with one attached hydrogen (secondary N) is 2. The van der Waals surface area contributed by atoms with E-state index in [0.29, 0.717) is 22.8 Å². The number of hydrogen-bond acceptors (Lipinski definition) is 5. The van der Waals surface area contributed by atoms with Crippen molar-refractivity contribution in [2.24, 2.45) is 0 Å². The molecule has 0 saturated heterocycles. The third kappa shape index (κ3) is 3.31. The van der Waals surface area contributed by atoms with Crippen LogP contribution in [0, 0.1) is 0 Å². The fraction of sp³-hybridized carbons (Fsp3) is 0.167. The van der Waals surface area contributed by atoms with Crippen molar-refractivity contribution in [3.05, 3.63) is 53.8 Å². The van der Waals surface area contributed by atoms with Crippen LogP contribution in [0.1, 0.15) is 12.6 Å². The van der Waals surface area contributed by atoms with E-state index >= 15 is 0 Å². The zero-order valence-electron chi connectivity index (χ0n) is 13.9. The standard InChI is InChI=1S/C18H16N4O3S/c1-11-17(24)21-14-8-12(4-5-15(14)25-11)19-16(23)9-13-10-26-18(20-13)22-6-2-3-7-22/h2-8,10-11H,9H2,1H3,(H,19,23)(H,21,24). The summed E-state index contributed by atoms with van der Waals surface area (Å²) in [7, 11) is 0. The molecule has 3 aromatic rings. The van der Waals surface area contributed by atoms with Gasteiger partial charge in [-0.2, -0.15) is 0 Å². The number of ether oxygens (including phenoxy) is 1. The molecular weight excluding hydrogens is 352 g/mol. The summed E-state index contributed by atoms with van der Waals surface area (Å²) in [5.74, 6) is 0.206. The summed E-state index contributed by atoms with van der Waals surface area (Å²) in [6.07, 6.45) is 3.47. The SMILES string of the molecule is CC1Oc2ccc(NC(=O)Cc3csc(-n4cccc4)n3)cc2NC1=O. The number of anilines is 2. The van der Waals surface area contributed by atoms with E-state index in [9.17, 15) is 9.59 Å². The van der Waals surface area contributed by atoms with E-state index in [1.807, 2.05) is 34.5 Å². The predicted octanol–water partition coefficient (Wildman–Crippen LogP) is 2.83. The van der Waals surface area contributed by atoms with Gasteiger partial charge in [0.05, 0.1) is 17.8 Å². The van der Waals surface area contributed by atoms with E-state index in [1.54, 1.807) is 25.1 Å². The first kappa shape index (κ1) is 16.3.